The van der Waals surface area contributed by atoms with E-state index in [1.54, 1.807) is 0 Å². The van der Waals surface area contributed by atoms with Gasteiger partial charge >= 0.3 is 0 Å². The molecule has 0 aliphatic heterocycles. The molecule has 0 heterocycles. The molecule has 2 saturated carbocycles. The maximum atomic E-state index is 10.4. The van der Waals surface area contributed by atoms with Crippen molar-refractivity contribution in [2.24, 2.45) is 23.7 Å². The first kappa shape index (κ1) is 15.1. The number of carbonyl (C=O) groups is 1. The third-order valence-corrected chi connectivity index (χ3v) is 5.84. The molecule has 1 nitrogen and oxygen atoms in total. The predicted molar refractivity (Wildman–Crippen MR) is 81.1 cm³/mol. The average molecular weight is 264 g/mol. The van der Waals surface area contributed by atoms with Gasteiger partial charge in [0.25, 0.3) is 0 Å². The fourth-order valence-corrected chi connectivity index (χ4v) is 4.61. The van der Waals surface area contributed by atoms with E-state index in [-0.39, 0.29) is 0 Å². The van der Waals surface area contributed by atoms with Gasteiger partial charge in [-0.05, 0) is 55.8 Å². The molecule has 0 aromatic rings. The van der Waals surface area contributed by atoms with Crippen LogP contribution in [0.4, 0.5) is 0 Å². The Balaban J connectivity index is 1.66. The van der Waals surface area contributed by atoms with Crippen LogP contribution < -0.4 is 0 Å². The maximum absolute atomic E-state index is 10.4. The normalized spacial score (nSPS) is 36.1. The summed E-state index contributed by atoms with van der Waals surface area (Å²) < 4.78 is 0. The van der Waals surface area contributed by atoms with Crippen molar-refractivity contribution >= 4 is 6.29 Å². The molecule has 2 aliphatic rings. The number of hydrogen-bond donors (Lipinski definition) is 0. The SMILES string of the molecule is CCC[C@H]1CC[C@H](C2CCC(CCC=O)CC2)CC1. The molecule has 2 aliphatic carbocycles. The summed E-state index contributed by atoms with van der Waals surface area (Å²) in [6, 6.07) is 0. The van der Waals surface area contributed by atoms with Gasteiger partial charge in [-0.15, -0.1) is 0 Å². The number of aldehydes is 1. The summed E-state index contributed by atoms with van der Waals surface area (Å²) in [7, 11) is 0. The zero-order valence-corrected chi connectivity index (χ0v) is 12.8. The maximum Gasteiger partial charge on any atom is 0.120 e. The predicted octanol–water partition coefficient (Wildman–Crippen LogP) is 5.38. The first-order valence-electron chi connectivity index (χ1n) is 8.77. The quantitative estimate of drug-likeness (QED) is 0.589. The molecule has 19 heavy (non-hydrogen) atoms. The second kappa shape index (κ2) is 8.07. The largest absolute Gasteiger partial charge is 0.303 e. The van der Waals surface area contributed by atoms with E-state index >= 15 is 0 Å². The highest BCUT2D eigenvalue weighted by Gasteiger charge is 2.30. The van der Waals surface area contributed by atoms with Crippen LogP contribution in [-0.4, -0.2) is 6.29 Å². The summed E-state index contributed by atoms with van der Waals surface area (Å²) in [6.45, 7) is 2.33. The molecule has 0 bridgehead atoms. The zero-order valence-electron chi connectivity index (χ0n) is 12.8. The summed E-state index contributed by atoms with van der Waals surface area (Å²) in [4.78, 5) is 10.4. The molecule has 110 valence electrons. The Morgan fingerprint density at radius 2 is 1.26 bits per heavy atom. The Kier molecular flexibility index (Phi) is 6.40. The topological polar surface area (TPSA) is 17.1 Å². The van der Waals surface area contributed by atoms with E-state index in [0.29, 0.717) is 0 Å². The number of hydrogen-bond acceptors (Lipinski definition) is 1. The molecule has 0 spiro atoms. The lowest BCUT2D eigenvalue weighted by Crippen LogP contribution is -2.25. The summed E-state index contributed by atoms with van der Waals surface area (Å²) in [5.74, 6) is 3.97. The van der Waals surface area contributed by atoms with E-state index in [9.17, 15) is 4.79 Å². The third-order valence-electron chi connectivity index (χ3n) is 5.84. The third kappa shape index (κ3) is 4.61. The molecule has 2 rings (SSSR count). The molecular formula is C18H32O. The van der Waals surface area contributed by atoms with Crippen LogP contribution in [0.2, 0.25) is 0 Å². The van der Waals surface area contributed by atoms with E-state index in [2.05, 4.69) is 6.92 Å². The lowest BCUT2D eigenvalue weighted by molar-refractivity contribution is -0.108. The van der Waals surface area contributed by atoms with E-state index in [0.717, 1.165) is 42.8 Å². The van der Waals surface area contributed by atoms with Crippen molar-refractivity contribution in [2.75, 3.05) is 0 Å². The van der Waals surface area contributed by atoms with Crippen LogP contribution in [0.3, 0.4) is 0 Å². The van der Waals surface area contributed by atoms with Gasteiger partial charge in [0.15, 0.2) is 0 Å². The molecule has 0 atom stereocenters. The minimum atomic E-state index is 0.789. The fourth-order valence-electron chi connectivity index (χ4n) is 4.61. The molecule has 0 unspecified atom stereocenters. The van der Waals surface area contributed by atoms with Crippen LogP contribution in [0, 0.1) is 23.7 Å². The molecule has 0 aromatic carbocycles. The van der Waals surface area contributed by atoms with Crippen LogP contribution >= 0.6 is 0 Å². The van der Waals surface area contributed by atoms with Gasteiger partial charge < -0.3 is 4.79 Å². The molecular weight excluding hydrogens is 232 g/mol. The van der Waals surface area contributed by atoms with Gasteiger partial charge in [0, 0.05) is 6.42 Å². The fraction of sp³-hybridized carbons (Fsp3) is 0.944. The highest BCUT2D eigenvalue weighted by Crippen LogP contribution is 2.42. The van der Waals surface area contributed by atoms with Crippen molar-refractivity contribution in [3.8, 4) is 0 Å². The summed E-state index contributed by atoms with van der Waals surface area (Å²) >= 11 is 0. The molecule has 0 radical (unpaired) electrons. The zero-order chi connectivity index (χ0) is 13.5. The van der Waals surface area contributed by atoms with E-state index < -0.39 is 0 Å². The van der Waals surface area contributed by atoms with Crippen molar-refractivity contribution in [3.05, 3.63) is 0 Å². The Morgan fingerprint density at radius 1 is 0.789 bits per heavy atom. The molecule has 0 amide bonds. The van der Waals surface area contributed by atoms with Gasteiger partial charge in [-0.3, -0.25) is 0 Å². The van der Waals surface area contributed by atoms with Gasteiger partial charge in [0.05, 0.1) is 0 Å². The standard InChI is InChI=1S/C18H32O/c1-2-4-15-6-10-17(11-7-15)18-12-8-16(9-13-18)5-3-14-19/h14-18H,2-13H2,1H3/t15-,16?,17-,18?. The minimum Gasteiger partial charge on any atom is -0.303 e. The average Bonchev–Trinajstić information content (AvgIpc) is 2.47. The summed E-state index contributed by atoms with van der Waals surface area (Å²) in [5, 5.41) is 0. The van der Waals surface area contributed by atoms with Gasteiger partial charge in [0.1, 0.15) is 6.29 Å². The van der Waals surface area contributed by atoms with E-state index in [4.69, 9.17) is 0 Å². The van der Waals surface area contributed by atoms with Crippen LogP contribution in [-0.2, 0) is 4.79 Å². The van der Waals surface area contributed by atoms with Gasteiger partial charge in [-0.1, -0.05) is 45.4 Å². The molecule has 1 heteroatoms. The van der Waals surface area contributed by atoms with Crippen LogP contribution in [0.1, 0.15) is 84.0 Å². The Hall–Kier alpha value is -0.330. The van der Waals surface area contributed by atoms with Crippen molar-refractivity contribution in [1.82, 2.24) is 0 Å². The van der Waals surface area contributed by atoms with Gasteiger partial charge in [-0.2, -0.15) is 0 Å². The molecule has 0 saturated heterocycles. The Labute approximate surface area is 119 Å². The molecule has 0 aromatic heterocycles. The Morgan fingerprint density at radius 3 is 1.68 bits per heavy atom. The highest BCUT2D eigenvalue weighted by molar-refractivity contribution is 5.49. The lowest BCUT2D eigenvalue weighted by Gasteiger charge is -2.37. The lowest BCUT2D eigenvalue weighted by atomic mass is 9.68. The van der Waals surface area contributed by atoms with Crippen molar-refractivity contribution < 1.29 is 4.79 Å². The summed E-state index contributed by atoms with van der Waals surface area (Å²) in [6.07, 6.45) is 17.6. The Bertz CT molecular complexity index is 244. The van der Waals surface area contributed by atoms with Gasteiger partial charge in [-0.25, -0.2) is 0 Å². The van der Waals surface area contributed by atoms with Gasteiger partial charge in [0.2, 0.25) is 0 Å². The van der Waals surface area contributed by atoms with Crippen LogP contribution in [0.15, 0.2) is 0 Å². The van der Waals surface area contributed by atoms with E-state index in [1.807, 2.05) is 0 Å². The minimum absolute atomic E-state index is 0.789. The smallest absolute Gasteiger partial charge is 0.120 e. The second-order valence-corrected chi connectivity index (χ2v) is 7.09. The van der Waals surface area contributed by atoms with Crippen LogP contribution in [0.5, 0.6) is 0 Å². The highest BCUT2D eigenvalue weighted by atomic mass is 16.1. The second-order valence-electron chi connectivity index (χ2n) is 7.09. The van der Waals surface area contributed by atoms with Crippen molar-refractivity contribution in [1.29, 1.82) is 0 Å². The van der Waals surface area contributed by atoms with Crippen molar-refractivity contribution in [3.63, 3.8) is 0 Å². The molecule has 0 N–H and O–H groups in total. The van der Waals surface area contributed by atoms with Crippen LogP contribution in [0.25, 0.3) is 0 Å². The number of rotatable bonds is 6. The first-order chi connectivity index (χ1) is 9.33. The monoisotopic (exact) mass is 264 g/mol. The molecule has 2 fully saturated rings. The van der Waals surface area contributed by atoms with Crippen molar-refractivity contribution in [2.45, 2.75) is 84.0 Å². The van der Waals surface area contributed by atoms with E-state index in [1.165, 1.54) is 64.2 Å². The first-order valence-corrected chi connectivity index (χ1v) is 8.77. The summed E-state index contributed by atoms with van der Waals surface area (Å²) in [5.41, 5.74) is 0. The number of carbonyl (C=O) groups excluding carboxylic acids is 1.